The van der Waals surface area contributed by atoms with Crippen LogP contribution in [0.3, 0.4) is 0 Å². The average Bonchev–Trinajstić information content (AvgIpc) is 2.82. The zero-order chi connectivity index (χ0) is 22.6. The first-order valence-electron chi connectivity index (χ1n) is 10.0. The van der Waals surface area contributed by atoms with E-state index >= 15 is 0 Å². The van der Waals surface area contributed by atoms with Crippen LogP contribution in [0.2, 0.25) is 0 Å². The molecule has 0 heterocycles. The molecule has 7 heteroatoms. The van der Waals surface area contributed by atoms with E-state index in [1.807, 2.05) is 97.1 Å². The van der Waals surface area contributed by atoms with Crippen LogP contribution in [-0.4, -0.2) is 28.4 Å². The predicted molar refractivity (Wildman–Crippen MR) is 131 cm³/mol. The van der Waals surface area contributed by atoms with Crippen LogP contribution in [0.4, 0.5) is 22.7 Å². The maximum atomic E-state index is 7.17. The first kappa shape index (κ1) is 22.8. The fraction of sp³-hybridized carbons (Fsp3) is 0. The Labute approximate surface area is 187 Å². The molecule has 4 aromatic rings. The molecule has 6 nitrogen and oxygen atoms in total. The lowest BCUT2D eigenvalue weighted by atomic mass is 10.2. The fourth-order valence-electron chi connectivity index (χ4n) is 2.96. The molecule has 4 rings (SSSR count). The van der Waals surface area contributed by atoms with Crippen molar-refractivity contribution in [1.29, 1.82) is 0 Å². The molecular weight excluding hydrogens is 401 g/mol. The monoisotopic (exact) mass is 425 g/mol. The second-order valence-electron chi connectivity index (χ2n) is 6.61. The molecular formula is C25H24BN3O3. The molecule has 0 saturated heterocycles. The van der Waals surface area contributed by atoms with Crippen molar-refractivity contribution in [2.75, 3.05) is 10.2 Å². The normalized spacial score (nSPS) is 10.5. The molecule has 0 bridgehead atoms. The smallest absolute Gasteiger partial charge is 0.402 e. The zero-order valence-electron chi connectivity index (χ0n) is 17.4. The van der Waals surface area contributed by atoms with Gasteiger partial charge in [0, 0.05) is 17.1 Å². The SMILES string of the molecule is OB(O)O.c1ccc(N=C(Nc2ccccc2)N(c2ccccc2)c2ccccc2)cc1. The van der Waals surface area contributed by atoms with Gasteiger partial charge in [0.1, 0.15) is 0 Å². The molecule has 0 radical (unpaired) electrons. The van der Waals surface area contributed by atoms with Crippen molar-refractivity contribution >= 4 is 36.0 Å². The highest BCUT2D eigenvalue weighted by Gasteiger charge is 2.16. The van der Waals surface area contributed by atoms with Crippen LogP contribution in [0.5, 0.6) is 0 Å². The van der Waals surface area contributed by atoms with E-state index in [9.17, 15) is 0 Å². The molecule has 0 saturated carbocycles. The van der Waals surface area contributed by atoms with Gasteiger partial charge in [-0.05, 0) is 48.5 Å². The molecule has 4 aromatic carbocycles. The van der Waals surface area contributed by atoms with E-state index in [1.165, 1.54) is 0 Å². The molecule has 32 heavy (non-hydrogen) atoms. The largest absolute Gasteiger partial charge is 0.631 e. The Kier molecular flexibility index (Phi) is 8.59. The van der Waals surface area contributed by atoms with Crippen molar-refractivity contribution in [1.82, 2.24) is 0 Å². The molecule has 4 N–H and O–H groups in total. The number of benzene rings is 4. The third-order valence-electron chi connectivity index (χ3n) is 4.26. The van der Waals surface area contributed by atoms with Crippen LogP contribution in [-0.2, 0) is 0 Å². The number of hydrogen-bond donors (Lipinski definition) is 4. The Hall–Kier alpha value is -3.91. The first-order valence-corrected chi connectivity index (χ1v) is 10.0. The maximum Gasteiger partial charge on any atom is 0.631 e. The molecule has 0 unspecified atom stereocenters. The lowest BCUT2D eigenvalue weighted by Gasteiger charge is -2.27. The van der Waals surface area contributed by atoms with Gasteiger partial charge in [-0.3, -0.25) is 4.90 Å². The molecule has 0 aromatic heterocycles. The molecule has 160 valence electrons. The minimum Gasteiger partial charge on any atom is -0.402 e. The summed E-state index contributed by atoms with van der Waals surface area (Å²) in [7, 11) is -2.17. The van der Waals surface area contributed by atoms with Gasteiger partial charge in [0.15, 0.2) is 0 Å². The van der Waals surface area contributed by atoms with Crippen molar-refractivity contribution in [3.05, 3.63) is 121 Å². The predicted octanol–water partition coefficient (Wildman–Crippen LogP) is 4.57. The fourth-order valence-corrected chi connectivity index (χ4v) is 2.96. The van der Waals surface area contributed by atoms with Crippen LogP contribution in [0, 0.1) is 0 Å². The molecule has 0 amide bonds. The Morgan fingerprint density at radius 2 is 0.969 bits per heavy atom. The van der Waals surface area contributed by atoms with E-state index in [2.05, 4.69) is 34.5 Å². The van der Waals surface area contributed by atoms with Crippen LogP contribution in [0.25, 0.3) is 0 Å². The summed E-state index contributed by atoms with van der Waals surface area (Å²) in [5, 5.41) is 25.0. The second kappa shape index (κ2) is 12.1. The summed E-state index contributed by atoms with van der Waals surface area (Å²) in [4.78, 5) is 7.06. The van der Waals surface area contributed by atoms with Crippen molar-refractivity contribution in [3.63, 3.8) is 0 Å². The summed E-state index contributed by atoms with van der Waals surface area (Å²) in [5.41, 5.74) is 3.94. The molecule has 0 fully saturated rings. The Bertz CT molecular complexity index is 1040. The standard InChI is InChI=1S/C25H21N3.BH3O3/c1-5-13-21(14-6-1)26-25(27-22-15-7-2-8-16-22)28(23-17-9-3-10-18-23)24-19-11-4-12-20-24;2-1(3)4/h1-20H,(H,26,27);2-4H. The van der Waals surface area contributed by atoms with E-state index in [0.29, 0.717) is 0 Å². The quantitative estimate of drug-likeness (QED) is 0.219. The molecule has 0 aliphatic rings. The van der Waals surface area contributed by atoms with Crippen molar-refractivity contribution < 1.29 is 15.1 Å². The third kappa shape index (κ3) is 7.10. The summed E-state index contributed by atoms with van der Waals surface area (Å²) in [6.07, 6.45) is 0. The summed E-state index contributed by atoms with van der Waals surface area (Å²) in [6.45, 7) is 0. The summed E-state index contributed by atoms with van der Waals surface area (Å²) < 4.78 is 0. The summed E-state index contributed by atoms with van der Waals surface area (Å²) >= 11 is 0. The van der Waals surface area contributed by atoms with E-state index < -0.39 is 7.32 Å². The highest BCUT2D eigenvalue weighted by Crippen LogP contribution is 2.27. The second-order valence-corrected chi connectivity index (χ2v) is 6.61. The van der Waals surface area contributed by atoms with Crippen LogP contribution >= 0.6 is 0 Å². The summed E-state index contributed by atoms with van der Waals surface area (Å²) in [5.74, 6) is 0.731. The summed E-state index contributed by atoms with van der Waals surface area (Å²) in [6, 6.07) is 40.6. The van der Waals surface area contributed by atoms with Gasteiger partial charge >= 0.3 is 7.32 Å². The number of nitrogens with zero attached hydrogens (tertiary/aromatic N) is 2. The van der Waals surface area contributed by atoms with Gasteiger partial charge in [-0.2, -0.15) is 0 Å². The topological polar surface area (TPSA) is 88.3 Å². The van der Waals surface area contributed by atoms with E-state index in [0.717, 1.165) is 28.7 Å². The lowest BCUT2D eigenvalue weighted by molar-refractivity contribution is 0.278. The number of rotatable bonds is 4. The molecule has 0 aliphatic heterocycles. The number of nitrogens with one attached hydrogen (secondary N) is 1. The molecule has 0 spiro atoms. The number of hydrogen-bond acceptors (Lipinski definition) is 4. The van der Waals surface area contributed by atoms with Crippen molar-refractivity contribution in [2.24, 2.45) is 4.99 Å². The number of para-hydroxylation sites is 4. The van der Waals surface area contributed by atoms with Gasteiger partial charge in [-0.1, -0.05) is 72.8 Å². The van der Waals surface area contributed by atoms with Crippen LogP contribution < -0.4 is 10.2 Å². The number of guanidine groups is 1. The highest BCUT2D eigenvalue weighted by molar-refractivity contribution is 6.30. The lowest BCUT2D eigenvalue weighted by Crippen LogP contribution is -2.32. The van der Waals surface area contributed by atoms with Crippen LogP contribution in [0.15, 0.2) is 126 Å². The van der Waals surface area contributed by atoms with E-state index in [-0.39, 0.29) is 0 Å². The highest BCUT2D eigenvalue weighted by atomic mass is 16.5. The van der Waals surface area contributed by atoms with E-state index in [4.69, 9.17) is 20.1 Å². The minimum atomic E-state index is -2.17. The zero-order valence-corrected chi connectivity index (χ0v) is 17.4. The first-order chi connectivity index (χ1) is 15.6. The number of anilines is 3. The minimum absolute atomic E-state index is 0.731. The Morgan fingerprint density at radius 1 is 0.594 bits per heavy atom. The van der Waals surface area contributed by atoms with E-state index in [1.54, 1.807) is 0 Å². The Balaban J connectivity index is 0.000000668. The van der Waals surface area contributed by atoms with Crippen molar-refractivity contribution in [3.8, 4) is 0 Å². The van der Waals surface area contributed by atoms with Crippen molar-refractivity contribution in [2.45, 2.75) is 0 Å². The van der Waals surface area contributed by atoms with Gasteiger partial charge in [0.05, 0.1) is 5.69 Å². The number of aliphatic imine (C=N–C) groups is 1. The molecule has 0 atom stereocenters. The third-order valence-corrected chi connectivity index (χ3v) is 4.26. The maximum absolute atomic E-state index is 7.17. The van der Waals surface area contributed by atoms with Crippen LogP contribution in [0.1, 0.15) is 0 Å². The average molecular weight is 425 g/mol. The van der Waals surface area contributed by atoms with Gasteiger partial charge in [0.2, 0.25) is 5.96 Å². The van der Waals surface area contributed by atoms with Gasteiger partial charge < -0.3 is 20.4 Å². The van der Waals surface area contributed by atoms with Gasteiger partial charge in [-0.15, -0.1) is 0 Å². The van der Waals surface area contributed by atoms with Gasteiger partial charge in [-0.25, -0.2) is 4.99 Å². The Morgan fingerprint density at radius 3 is 1.41 bits per heavy atom. The van der Waals surface area contributed by atoms with Gasteiger partial charge in [0.25, 0.3) is 0 Å². The molecule has 0 aliphatic carbocycles.